The van der Waals surface area contributed by atoms with Crippen molar-refractivity contribution >= 4 is 92.6 Å². The maximum absolute atomic E-state index is 15.6. The van der Waals surface area contributed by atoms with Crippen LogP contribution < -0.4 is 53.2 Å². The Hall–Kier alpha value is -8.94. The first kappa shape index (κ1) is 72.5. The van der Waals surface area contributed by atoms with Gasteiger partial charge in [0, 0.05) is 49.1 Å². The monoisotopic (exact) mass is 1300 g/mol. The van der Waals surface area contributed by atoms with E-state index in [9.17, 15) is 52.7 Å². The SMILES string of the molecule is COCCNC(=O)C(C)(C)NC(=O)C(C)(C)NC(=O)[C@H](C)NC(=O)c1cnc2cc3c(cc2n1)CC(NC(=O)[C@H](CC(C)C)NC(=O)C1(NC(=O)C(C)(C)NC(=O)C(C)(C)NC(=O)C(C)(C)NC(=O)OC(C)(C)C)Cc2ccc4c5c(ccc(c25)C1)C(=O)C(C)(C)C4=O)C3. The molecule has 3 aromatic carbocycles. The summed E-state index contributed by atoms with van der Waals surface area (Å²) in [4.78, 5) is 176. The largest absolute Gasteiger partial charge is 0.444 e. The lowest BCUT2D eigenvalue weighted by Gasteiger charge is -2.42. The van der Waals surface area contributed by atoms with E-state index in [2.05, 4.69) is 63.1 Å². The minimum atomic E-state index is -1.86. The Morgan fingerprint density at radius 3 is 1.60 bits per heavy atom. The van der Waals surface area contributed by atoms with E-state index in [4.69, 9.17) is 9.47 Å². The molecule has 3 aliphatic carbocycles. The summed E-state index contributed by atoms with van der Waals surface area (Å²) >= 11 is 0. The van der Waals surface area contributed by atoms with Crippen LogP contribution in [0.3, 0.4) is 0 Å². The number of carbonyl (C=O) groups is 12. The molecule has 7 rings (SSSR count). The summed E-state index contributed by atoms with van der Waals surface area (Å²) in [5, 5.41) is 28.6. The van der Waals surface area contributed by atoms with Crippen molar-refractivity contribution in [2.24, 2.45) is 11.3 Å². The fourth-order valence-corrected chi connectivity index (χ4v) is 11.5. The van der Waals surface area contributed by atoms with Gasteiger partial charge in [0.25, 0.3) is 5.91 Å². The summed E-state index contributed by atoms with van der Waals surface area (Å²) in [5.41, 5.74) is -7.76. The lowest BCUT2D eigenvalue weighted by Crippen LogP contribution is -2.70. The average molecular weight is 1300 g/mol. The van der Waals surface area contributed by atoms with Crippen LogP contribution >= 0.6 is 0 Å². The molecule has 4 aromatic rings. The molecule has 508 valence electrons. The van der Waals surface area contributed by atoms with E-state index in [0.29, 0.717) is 56.9 Å². The van der Waals surface area contributed by atoms with Crippen LogP contribution in [0.25, 0.3) is 21.8 Å². The molecule has 26 nitrogen and oxygen atoms in total. The summed E-state index contributed by atoms with van der Waals surface area (Å²) in [6, 6.07) is 7.47. The van der Waals surface area contributed by atoms with Crippen LogP contribution in [-0.2, 0) is 73.5 Å². The van der Waals surface area contributed by atoms with Crippen molar-refractivity contribution in [3.05, 3.63) is 81.7 Å². The lowest BCUT2D eigenvalue weighted by molar-refractivity contribution is -0.141. The number of ether oxygens (including phenoxy) is 2. The zero-order chi connectivity index (χ0) is 70.4. The molecule has 0 radical (unpaired) electrons. The Kier molecular flexibility index (Phi) is 20.4. The van der Waals surface area contributed by atoms with E-state index < -0.39 is 122 Å². The van der Waals surface area contributed by atoms with Gasteiger partial charge in [0.05, 0.1) is 29.3 Å². The van der Waals surface area contributed by atoms with E-state index in [0.717, 1.165) is 11.1 Å². The molecule has 0 aliphatic heterocycles. The van der Waals surface area contributed by atoms with Crippen LogP contribution in [-0.4, -0.2) is 158 Å². The molecule has 1 heterocycles. The molecule has 94 heavy (non-hydrogen) atoms. The highest BCUT2D eigenvalue weighted by Crippen LogP contribution is 2.44. The number of rotatable bonds is 23. The van der Waals surface area contributed by atoms with Gasteiger partial charge >= 0.3 is 6.09 Å². The Bertz CT molecular complexity index is 3740. The number of benzene rings is 3. The minimum absolute atomic E-state index is 0.0971. The molecular weight excluding hydrogens is 1210 g/mol. The fraction of sp³-hybridized carbons (Fsp3) is 0.559. The van der Waals surface area contributed by atoms with Crippen LogP contribution in [0.15, 0.2) is 42.6 Å². The van der Waals surface area contributed by atoms with Gasteiger partial charge in [-0.2, -0.15) is 0 Å². The first-order chi connectivity index (χ1) is 43.2. The number of ketones is 2. The Labute approximate surface area is 547 Å². The van der Waals surface area contributed by atoms with Gasteiger partial charge in [0.1, 0.15) is 56.6 Å². The van der Waals surface area contributed by atoms with Gasteiger partial charge in [-0.1, -0.05) is 38.1 Å². The maximum atomic E-state index is 15.6. The quantitative estimate of drug-likeness (QED) is 0.0374. The molecule has 10 N–H and O–H groups in total. The molecule has 0 saturated carbocycles. The normalized spacial score (nSPS) is 16.6. The van der Waals surface area contributed by atoms with E-state index in [-0.39, 0.29) is 55.6 Å². The zero-order valence-electron chi connectivity index (χ0n) is 57.4. The van der Waals surface area contributed by atoms with Crippen LogP contribution in [0.2, 0.25) is 0 Å². The van der Waals surface area contributed by atoms with Crippen LogP contribution in [0.1, 0.15) is 185 Å². The second-order valence-electron chi connectivity index (χ2n) is 29.6. The highest BCUT2D eigenvalue weighted by molar-refractivity contribution is 6.32. The molecule has 10 amide bonds. The zero-order valence-corrected chi connectivity index (χ0v) is 57.4. The first-order valence-corrected chi connectivity index (χ1v) is 31.5. The second kappa shape index (κ2) is 26.5. The van der Waals surface area contributed by atoms with Crippen molar-refractivity contribution in [1.82, 2.24) is 63.1 Å². The van der Waals surface area contributed by atoms with Crippen LogP contribution in [0.4, 0.5) is 4.79 Å². The predicted octanol–water partition coefficient (Wildman–Crippen LogP) is 3.72. The van der Waals surface area contributed by atoms with E-state index >= 15 is 4.79 Å². The number of fused-ring (bicyclic) bond motifs is 2. The Morgan fingerprint density at radius 1 is 0.596 bits per heavy atom. The van der Waals surface area contributed by atoms with Gasteiger partial charge < -0.3 is 62.6 Å². The van der Waals surface area contributed by atoms with E-state index in [1.54, 1.807) is 65.0 Å². The summed E-state index contributed by atoms with van der Waals surface area (Å²) in [6.07, 6.45) is 0.938. The van der Waals surface area contributed by atoms with Crippen molar-refractivity contribution < 1.29 is 67.0 Å². The number of nitrogens with one attached hydrogen (secondary N) is 10. The summed E-state index contributed by atoms with van der Waals surface area (Å²) < 4.78 is 10.3. The smallest absolute Gasteiger partial charge is 0.408 e. The second-order valence-corrected chi connectivity index (χ2v) is 29.6. The van der Waals surface area contributed by atoms with Gasteiger partial charge in [0.2, 0.25) is 47.3 Å². The fourth-order valence-electron chi connectivity index (χ4n) is 11.5. The van der Waals surface area contributed by atoms with Crippen molar-refractivity contribution in [2.75, 3.05) is 20.3 Å². The van der Waals surface area contributed by atoms with E-state index in [1.165, 1.54) is 89.5 Å². The number of methoxy groups -OCH3 is 1. The Balaban J connectivity index is 1.08. The molecule has 0 saturated heterocycles. The number of hydrogen-bond donors (Lipinski definition) is 10. The molecule has 26 heteroatoms. The molecule has 0 bridgehead atoms. The maximum Gasteiger partial charge on any atom is 0.408 e. The van der Waals surface area contributed by atoms with Crippen LogP contribution in [0.5, 0.6) is 0 Å². The number of hydrogen-bond acceptors (Lipinski definition) is 16. The standard InChI is InChI=1S/C68H92N12O14/c1-34(2)26-45(52(84)72-40-27-38-29-43-44(30-39(38)28-40)73-46(33-70-43)53(85)71-35(3)51(83)75-64(11,12)55(87)76-63(9,10)54(86)69-24-25-93-19)74-59(91)68(31-36-20-22-41-48-42(23-21-37(32-68)47(36)48)50(82)62(7,8)49(41)81)79-58(90)66(15,16)77-56(88)65(13,14)78-57(89)67(17,18)80-60(92)94-61(4,5)6/h20-23,29-30,33-35,40,45H,24-28,31-32H2,1-19H3,(H,69,86)(H,71,85)(H,72,84)(H,74,91)(H,75,83)(H,76,87)(H,77,88)(H,78,89)(H,79,90)(H,80,92)/t35-,40?,45-/m0/s1. The topological polar surface area (TPSA) is 369 Å². The number of alkyl carbamates (subject to hydrolysis) is 1. The third-order valence-electron chi connectivity index (χ3n) is 17.1. The molecule has 0 fully saturated rings. The van der Waals surface area contributed by atoms with Crippen molar-refractivity contribution in [3.8, 4) is 0 Å². The third kappa shape index (κ3) is 15.8. The highest BCUT2D eigenvalue weighted by atomic mass is 16.6. The van der Waals surface area contributed by atoms with Gasteiger partial charge in [-0.05, 0) is 176 Å². The van der Waals surface area contributed by atoms with Gasteiger partial charge in [0.15, 0.2) is 11.6 Å². The predicted molar refractivity (Wildman–Crippen MR) is 349 cm³/mol. The van der Waals surface area contributed by atoms with Crippen molar-refractivity contribution in [3.63, 3.8) is 0 Å². The van der Waals surface area contributed by atoms with Crippen LogP contribution in [0, 0.1) is 11.3 Å². The highest BCUT2D eigenvalue weighted by Gasteiger charge is 2.51. The van der Waals surface area contributed by atoms with Gasteiger partial charge in [-0.15, -0.1) is 0 Å². The minimum Gasteiger partial charge on any atom is -0.444 e. The molecule has 3 atom stereocenters. The number of amides is 10. The number of nitrogens with zero attached hydrogens (tertiary/aromatic N) is 2. The number of aromatic nitrogens is 2. The lowest BCUT2D eigenvalue weighted by atomic mass is 9.67. The van der Waals surface area contributed by atoms with Crippen molar-refractivity contribution in [2.45, 2.75) is 214 Å². The number of carbonyl (C=O) groups excluding carboxylic acids is 12. The first-order valence-electron chi connectivity index (χ1n) is 31.5. The molecule has 3 aliphatic rings. The Morgan fingerprint density at radius 2 is 1.09 bits per heavy atom. The molecule has 1 aromatic heterocycles. The average Bonchev–Trinajstić information content (AvgIpc) is 0.795. The summed E-state index contributed by atoms with van der Waals surface area (Å²) in [6.45, 7) is 28.4. The number of Topliss-reactive ketones (excluding diaryl/α,β-unsaturated/α-hetero) is 2. The summed E-state index contributed by atoms with van der Waals surface area (Å²) in [7, 11) is 1.49. The van der Waals surface area contributed by atoms with Gasteiger partial charge in [-0.25, -0.2) is 9.78 Å². The van der Waals surface area contributed by atoms with Gasteiger partial charge in [-0.3, -0.25) is 57.7 Å². The molecule has 1 unspecified atom stereocenters. The third-order valence-corrected chi connectivity index (χ3v) is 17.1. The molecular formula is C68H92N12O14. The molecule has 0 spiro atoms. The summed E-state index contributed by atoms with van der Waals surface area (Å²) in [5.74, 6) is -6.95. The van der Waals surface area contributed by atoms with E-state index in [1.807, 2.05) is 19.9 Å². The van der Waals surface area contributed by atoms with Crippen molar-refractivity contribution in [1.29, 1.82) is 0 Å².